The van der Waals surface area contributed by atoms with Crippen LogP contribution in [-0.2, 0) is 0 Å². The summed E-state index contributed by atoms with van der Waals surface area (Å²) in [5, 5.41) is 0.619. The topological polar surface area (TPSA) is 0 Å². The Morgan fingerprint density at radius 1 is 0.545 bits per heavy atom. The maximum atomic E-state index is 2.47. The first-order valence-corrected chi connectivity index (χ1v) is 11.6. The Morgan fingerprint density at radius 3 is 1.41 bits per heavy atom. The SMILES string of the molecule is CCCCCCCCCCCCCCPC(C)(C)CCCC. The van der Waals surface area contributed by atoms with Crippen molar-refractivity contribution < 1.29 is 0 Å². The first-order chi connectivity index (χ1) is 10.6. The molecule has 0 radical (unpaired) electrons. The first kappa shape index (κ1) is 22.4. The molecule has 0 aliphatic rings. The van der Waals surface area contributed by atoms with E-state index in [-0.39, 0.29) is 0 Å². The second-order valence-electron chi connectivity index (χ2n) is 7.80. The highest BCUT2D eigenvalue weighted by atomic mass is 31.1. The van der Waals surface area contributed by atoms with Gasteiger partial charge in [-0.1, -0.05) is 111 Å². The Labute approximate surface area is 144 Å². The van der Waals surface area contributed by atoms with Gasteiger partial charge >= 0.3 is 0 Å². The van der Waals surface area contributed by atoms with Gasteiger partial charge in [-0.05, 0) is 24.2 Å². The van der Waals surface area contributed by atoms with Crippen LogP contribution < -0.4 is 0 Å². The van der Waals surface area contributed by atoms with E-state index in [4.69, 9.17) is 0 Å². The van der Waals surface area contributed by atoms with E-state index in [0.717, 1.165) is 0 Å². The molecule has 0 aromatic carbocycles. The molecule has 0 saturated heterocycles. The van der Waals surface area contributed by atoms with Gasteiger partial charge in [-0.25, -0.2) is 0 Å². The van der Waals surface area contributed by atoms with Crippen molar-refractivity contribution in [1.29, 1.82) is 0 Å². The lowest BCUT2D eigenvalue weighted by Crippen LogP contribution is -2.12. The normalized spacial score (nSPS) is 12.5. The molecule has 0 saturated carbocycles. The number of hydrogen-bond acceptors (Lipinski definition) is 0. The minimum atomic E-state index is 0.619. The summed E-state index contributed by atoms with van der Waals surface area (Å²) in [6.45, 7) is 9.56. The van der Waals surface area contributed by atoms with E-state index in [0.29, 0.717) is 5.16 Å². The van der Waals surface area contributed by atoms with Crippen molar-refractivity contribution in [3.8, 4) is 0 Å². The van der Waals surface area contributed by atoms with Gasteiger partial charge in [-0.3, -0.25) is 0 Å². The Balaban J connectivity index is 3.17. The second kappa shape index (κ2) is 16.3. The van der Waals surface area contributed by atoms with E-state index in [1.165, 1.54) is 111 Å². The van der Waals surface area contributed by atoms with E-state index in [2.05, 4.69) is 27.7 Å². The maximum absolute atomic E-state index is 2.47. The summed E-state index contributed by atoms with van der Waals surface area (Å²) in [5.74, 6) is 0. The fraction of sp³-hybridized carbons (Fsp3) is 1.00. The molecule has 1 atom stereocenters. The molecular weight excluding hydrogens is 283 g/mol. The lowest BCUT2D eigenvalue weighted by atomic mass is 10.1. The van der Waals surface area contributed by atoms with Gasteiger partial charge < -0.3 is 0 Å². The molecule has 0 nitrogen and oxygen atoms in total. The summed E-state index contributed by atoms with van der Waals surface area (Å²) in [4.78, 5) is 0. The van der Waals surface area contributed by atoms with Crippen molar-refractivity contribution in [1.82, 2.24) is 0 Å². The molecule has 0 N–H and O–H groups in total. The Hall–Kier alpha value is 0.430. The van der Waals surface area contributed by atoms with Crippen LogP contribution >= 0.6 is 8.58 Å². The van der Waals surface area contributed by atoms with Crippen molar-refractivity contribution in [3.63, 3.8) is 0 Å². The van der Waals surface area contributed by atoms with Crippen LogP contribution in [0.2, 0.25) is 0 Å². The highest BCUT2D eigenvalue weighted by Gasteiger charge is 2.15. The van der Waals surface area contributed by atoms with Crippen LogP contribution in [-0.4, -0.2) is 11.3 Å². The van der Waals surface area contributed by atoms with Crippen LogP contribution in [0.5, 0.6) is 0 Å². The van der Waals surface area contributed by atoms with E-state index >= 15 is 0 Å². The van der Waals surface area contributed by atoms with E-state index < -0.39 is 0 Å². The Bertz CT molecular complexity index is 210. The van der Waals surface area contributed by atoms with Gasteiger partial charge in [0.15, 0.2) is 0 Å². The van der Waals surface area contributed by atoms with Crippen LogP contribution in [0.25, 0.3) is 0 Å². The van der Waals surface area contributed by atoms with Crippen molar-refractivity contribution in [3.05, 3.63) is 0 Å². The second-order valence-corrected chi connectivity index (χ2v) is 10.0. The molecule has 0 fully saturated rings. The lowest BCUT2D eigenvalue weighted by molar-refractivity contribution is 0.547. The van der Waals surface area contributed by atoms with Crippen molar-refractivity contribution >= 4 is 8.58 Å². The molecule has 0 aliphatic heterocycles. The summed E-state index contributed by atoms with van der Waals surface area (Å²) in [6, 6.07) is 0. The Kier molecular flexibility index (Phi) is 16.6. The zero-order valence-electron chi connectivity index (χ0n) is 16.3. The van der Waals surface area contributed by atoms with E-state index in [9.17, 15) is 0 Å². The molecule has 0 aliphatic carbocycles. The van der Waals surface area contributed by atoms with E-state index in [1.807, 2.05) is 0 Å². The van der Waals surface area contributed by atoms with Gasteiger partial charge in [0.1, 0.15) is 0 Å². The Morgan fingerprint density at radius 2 is 0.955 bits per heavy atom. The van der Waals surface area contributed by atoms with Crippen molar-refractivity contribution in [2.24, 2.45) is 0 Å². The summed E-state index contributed by atoms with van der Waals surface area (Å²) in [5.41, 5.74) is 0. The van der Waals surface area contributed by atoms with Crippen LogP contribution in [0, 0.1) is 0 Å². The molecule has 0 aromatic heterocycles. The quantitative estimate of drug-likeness (QED) is 0.186. The highest BCUT2D eigenvalue weighted by molar-refractivity contribution is 7.39. The highest BCUT2D eigenvalue weighted by Crippen LogP contribution is 2.36. The fourth-order valence-electron chi connectivity index (χ4n) is 3.10. The van der Waals surface area contributed by atoms with E-state index in [1.54, 1.807) is 0 Å². The largest absolute Gasteiger partial charge is 0.116 e. The summed E-state index contributed by atoms with van der Waals surface area (Å²) >= 11 is 0. The maximum Gasteiger partial charge on any atom is -0.0179 e. The fourth-order valence-corrected chi connectivity index (χ4v) is 4.56. The molecule has 22 heavy (non-hydrogen) atoms. The number of unbranched alkanes of at least 4 members (excludes halogenated alkanes) is 12. The van der Waals surface area contributed by atoms with Gasteiger partial charge in [-0.2, -0.15) is 0 Å². The molecule has 0 spiro atoms. The van der Waals surface area contributed by atoms with Crippen molar-refractivity contribution in [2.45, 2.75) is 129 Å². The van der Waals surface area contributed by atoms with Crippen LogP contribution in [0.15, 0.2) is 0 Å². The van der Waals surface area contributed by atoms with Gasteiger partial charge in [0, 0.05) is 0 Å². The zero-order valence-corrected chi connectivity index (χ0v) is 17.3. The third kappa shape index (κ3) is 16.8. The molecule has 0 heterocycles. The molecule has 0 rings (SSSR count). The minimum Gasteiger partial charge on any atom is -0.116 e. The van der Waals surface area contributed by atoms with Crippen molar-refractivity contribution in [2.75, 3.05) is 6.16 Å². The lowest BCUT2D eigenvalue weighted by Gasteiger charge is -2.24. The van der Waals surface area contributed by atoms with Crippen LogP contribution in [0.3, 0.4) is 0 Å². The standard InChI is InChI=1S/C21H45P/c1-5-7-9-10-11-12-13-14-15-16-17-18-20-22-21(3,4)19-8-6-2/h22H,5-20H2,1-4H3. The van der Waals surface area contributed by atoms with Crippen LogP contribution in [0.1, 0.15) is 124 Å². The monoisotopic (exact) mass is 328 g/mol. The average molecular weight is 329 g/mol. The third-order valence-electron chi connectivity index (χ3n) is 4.79. The number of hydrogen-bond donors (Lipinski definition) is 0. The summed E-state index contributed by atoms with van der Waals surface area (Å²) in [7, 11) is 1.18. The number of rotatable bonds is 17. The molecule has 0 amide bonds. The zero-order chi connectivity index (χ0) is 16.5. The summed E-state index contributed by atoms with van der Waals surface area (Å²) < 4.78 is 0. The molecular formula is C21H45P. The predicted octanol–water partition coefficient (Wildman–Crippen LogP) is 8.33. The first-order valence-electron chi connectivity index (χ1n) is 10.4. The molecule has 0 aromatic rings. The van der Waals surface area contributed by atoms with Gasteiger partial charge in [-0.15, -0.1) is 8.58 Å². The summed E-state index contributed by atoms with van der Waals surface area (Å²) in [6.07, 6.45) is 23.3. The smallest absolute Gasteiger partial charge is 0.0179 e. The van der Waals surface area contributed by atoms with Gasteiger partial charge in [0.25, 0.3) is 0 Å². The minimum absolute atomic E-state index is 0.619. The van der Waals surface area contributed by atoms with Gasteiger partial charge in [0.05, 0.1) is 0 Å². The predicted molar refractivity (Wildman–Crippen MR) is 108 cm³/mol. The molecule has 134 valence electrons. The molecule has 1 unspecified atom stereocenters. The van der Waals surface area contributed by atoms with Crippen LogP contribution in [0.4, 0.5) is 0 Å². The molecule has 1 heteroatoms. The average Bonchev–Trinajstić information content (AvgIpc) is 2.50. The van der Waals surface area contributed by atoms with Gasteiger partial charge in [0.2, 0.25) is 0 Å². The molecule has 0 bridgehead atoms. The third-order valence-corrected chi connectivity index (χ3v) is 6.60.